The van der Waals surface area contributed by atoms with Crippen LogP contribution >= 0.6 is 0 Å². The Morgan fingerprint density at radius 3 is 2.86 bits per heavy atom. The predicted molar refractivity (Wildman–Crippen MR) is 103 cm³/mol. The maximum atomic E-state index is 13.0. The van der Waals surface area contributed by atoms with Gasteiger partial charge in [0, 0.05) is 5.39 Å². The number of nitrogens with zero attached hydrogens (tertiary/aromatic N) is 1. The number of hydrogen-bond acceptors (Lipinski definition) is 7. The molecule has 2 aliphatic heterocycles. The molecule has 0 radical (unpaired) electrons. The first-order chi connectivity index (χ1) is 14.1. The highest BCUT2D eigenvalue weighted by molar-refractivity contribution is 5.87. The number of aromatic nitrogens is 1. The Bertz CT molecular complexity index is 1300. The third kappa shape index (κ3) is 2.41. The number of H-pyrrole nitrogens is 1. The molecule has 144 valence electrons. The fourth-order valence-corrected chi connectivity index (χ4v) is 3.82. The summed E-state index contributed by atoms with van der Waals surface area (Å²) in [5, 5.41) is 10.5. The summed E-state index contributed by atoms with van der Waals surface area (Å²) in [5.74, 6) is 0.934. The van der Waals surface area contributed by atoms with Gasteiger partial charge in [0.05, 0.1) is 24.1 Å². The number of para-hydroxylation sites is 1. The molecule has 2 aromatic carbocycles. The third-order valence-corrected chi connectivity index (χ3v) is 5.10. The summed E-state index contributed by atoms with van der Waals surface area (Å²) in [5.41, 5.74) is 7.40. The molecule has 0 saturated heterocycles. The molecule has 5 rings (SSSR count). The van der Waals surface area contributed by atoms with E-state index in [9.17, 15) is 10.1 Å². The fraction of sp³-hybridized carbons (Fsp3) is 0.143. The highest BCUT2D eigenvalue weighted by Crippen LogP contribution is 2.48. The van der Waals surface area contributed by atoms with Gasteiger partial charge >= 0.3 is 0 Å². The van der Waals surface area contributed by atoms with E-state index in [0.29, 0.717) is 45.0 Å². The third-order valence-electron chi connectivity index (χ3n) is 5.10. The molecule has 3 aromatic rings. The van der Waals surface area contributed by atoms with E-state index in [0.717, 1.165) is 0 Å². The van der Waals surface area contributed by atoms with E-state index in [1.54, 1.807) is 18.2 Å². The monoisotopic (exact) mass is 389 g/mol. The first-order valence-corrected chi connectivity index (χ1v) is 8.82. The molecule has 1 atom stereocenters. The van der Waals surface area contributed by atoms with Gasteiger partial charge in [0.15, 0.2) is 11.5 Å². The summed E-state index contributed by atoms with van der Waals surface area (Å²) < 4.78 is 22.1. The molecule has 3 N–H and O–H groups in total. The van der Waals surface area contributed by atoms with Gasteiger partial charge in [-0.1, -0.05) is 12.1 Å². The number of fused-ring (bicyclic) bond motifs is 4. The number of aromatic amines is 1. The standard InChI is InChI=1S/C21H15N3O5/c1-26-14-6-10(7-15-19(14)28-9-27-15)16-12(8-22)20(23)29-18-11-4-2-3-5-13(11)24-21(25)17(16)18/h2-7,16H,9,23H2,1H3,(H,24,25)/t16-/m1/s1. The van der Waals surface area contributed by atoms with Gasteiger partial charge in [-0.15, -0.1) is 0 Å². The highest BCUT2D eigenvalue weighted by Gasteiger charge is 2.36. The average molecular weight is 389 g/mol. The minimum atomic E-state index is -0.750. The summed E-state index contributed by atoms with van der Waals surface area (Å²) >= 11 is 0. The topological polar surface area (TPSA) is 120 Å². The van der Waals surface area contributed by atoms with Gasteiger partial charge < -0.3 is 29.7 Å². The molecule has 0 amide bonds. The lowest BCUT2D eigenvalue weighted by atomic mass is 9.83. The second-order valence-corrected chi connectivity index (χ2v) is 6.62. The van der Waals surface area contributed by atoms with Crippen LogP contribution in [0, 0.1) is 11.3 Å². The molecule has 0 aliphatic carbocycles. The van der Waals surface area contributed by atoms with Crippen molar-refractivity contribution >= 4 is 10.9 Å². The van der Waals surface area contributed by atoms with Crippen LogP contribution < -0.4 is 30.2 Å². The zero-order valence-corrected chi connectivity index (χ0v) is 15.3. The van der Waals surface area contributed by atoms with Crippen molar-refractivity contribution in [3.8, 4) is 29.1 Å². The van der Waals surface area contributed by atoms with Crippen LogP contribution in [0.15, 0.2) is 52.6 Å². The molecule has 0 fully saturated rings. The van der Waals surface area contributed by atoms with E-state index in [1.807, 2.05) is 18.2 Å². The summed E-state index contributed by atoms with van der Waals surface area (Å²) in [7, 11) is 1.51. The largest absolute Gasteiger partial charge is 0.493 e. The number of nitrogens with one attached hydrogen (secondary N) is 1. The van der Waals surface area contributed by atoms with Crippen molar-refractivity contribution < 1.29 is 18.9 Å². The van der Waals surface area contributed by atoms with E-state index >= 15 is 0 Å². The van der Waals surface area contributed by atoms with Gasteiger partial charge in [-0.3, -0.25) is 4.79 Å². The Morgan fingerprint density at radius 1 is 1.24 bits per heavy atom. The normalized spacial score (nSPS) is 16.9. The van der Waals surface area contributed by atoms with Gasteiger partial charge in [-0.05, 0) is 29.8 Å². The van der Waals surface area contributed by atoms with E-state index in [4.69, 9.17) is 24.7 Å². The molecule has 1 aromatic heterocycles. The van der Waals surface area contributed by atoms with Crippen LogP contribution in [0.4, 0.5) is 0 Å². The van der Waals surface area contributed by atoms with Crippen LogP contribution in [0.1, 0.15) is 17.0 Å². The number of ether oxygens (including phenoxy) is 4. The number of nitrogens with two attached hydrogens (primary N) is 1. The molecule has 29 heavy (non-hydrogen) atoms. The molecule has 0 bridgehead atoms. The van der Waals surface area contributed by atoms with E-state index in [2.05, 4.69) is 11.1 Å². The number of rotatable bonds is 2. The minimum absolute atomic E-state index is 0.0441. The SMILES string of the molecule is COc1cc([C@@H]2C(C#N)=C(N)Oc3c2c(=O)[nH]c2ccccc32)cc2c1OCO2. The Hall–Kier alpha value is -4.12. The Labute approximate surface area is 164 Å². The number of allylic oxidation sites excluding steroid dienone is 1. The summed E-state index contributed by atoms with van der Waals surface area (Å²) in [6, 6.07) is 12.8. The van der Waals surface area contributed by atoms with Crippen molar-refractivity contribution in [1.29, 1.82) is 5.26 Å². The number of hydrogen-bond donors (Lipinski definition) is 2. The number of benzene rings is 2. The summed E-state index contributed by atoms with van der Waals surface area (Å²) in [6.07, 6.45) is 0. The maximum absolute atomic E-state index is 13.0. The van der Waals surface area contributed by atoms with Crippen molar-refractivity contribution in [3.63, 3.8) is 0 Å². The Balaban J connectivity index is 1.83. The lowest BCUT2D eigenvalue weighted by Gasteiger charge is -2.27. The van der Waals surface area contributed by atoms with E-state index < -0.39 is 5.92 Å². The molecular weight excluding hydrogens is 374 g/mol. The molecule has 2 aliphatic rings. The van der Waals surface area contributed by atoms with Crippen LogP contribution in [0.5, 0.6) is 23.0 Å². The fourth-order valence-electron chi connectivity index (χ4n) is 3.82. The molecule has 0 unspecified atom stereocenters. The highest BCUT2D eigenvalue weighted by atomic mass is 16.7. The van der Waals surface area contributed by atoms with Crippen molar-refractivity contribution in [1.82, 2.24) is 4.98 Å². The predicted octanol–water partition coefficient (Wildman–Crippen LogP) is 2.48. The Kier molecular flexibility index (Phi) is 3.64. The lowest BCUT2D eigenvalue weighted by Crippen LogP contribution is -2.27. The molecule has 8 heteroatoms. The van der Waals surface area contributed by atoms with Gasteiger partial charge in [0.2, 0.25) is 18.4 Å². The van der Waals surface area contributed by atoms with Crippen LogP contribution in [0.2, 0.25) is 0 Å². The molecule has 8 nitrogen and oxygen atoms in total. The van der Waals surface area contributed by atoms with Crippen LogP contribution in [-0.4, -0.2) is 18.9 Å². The second kappa shape index (κ2) is 6.21. The molecule has 0 saturated carbocycles. The van der Waals surface area contributed by atoms with Gasteiger partial charge in [-0.25, -0.2) is 0 Å². The molecular formula is C21H15N3O5. The summed E-state index contributed by atoms with van der Waals surface area (Å²) in [6.45, 7) is 0.0633. The van der Waals surface area contributed by atoms with Gasteiger partial charge in [-0.2, -0.15) is 5.26 Å². The smallest absolute Gasteiger partial charge is 0.256 e. The average Bonchev–Trinajstić information content (AvgIpc) is 3.21. The van der Waals surface area contributed by atoms with Crippen LogP contribution in [-0.2, 0) is 0 Å². The van der Waals surface area contributed by atoms with Crippen molar-refractivity contribution in [2.75, 3.05) is 13.9 Å². The number of methoxy groups -OCH3 is 1. The Morgan fingerprint density at radius 2 is 2.07 bits per heavy atom. The van der Waals surface area contributed by atoms with Gasteiger partial charge in [0.1, 0.15) is 17.4 Å². The summed E-state index contributed by atoms with van der Waals surface area (Å²) in [4.78, 5) is 15.9. The maximum Gasteiger partial charge on any atom is 0.256 e. The van der Waals surface area contributed by atoms with Gasteiger partial charge in [0.25, 0.3) is 5.56 Å². The quantitative estimate of drug-likeness (QED) is 0.691. The van der Waals surface area contributed by atoms with E-state index in [-0.39, 0.29) is 23.8 Å². The first-order valence-electron chi connectivity index (χ1n) is 8.82. The van der Waals surface area contributed by atoms with Crippen LogP contribution in [0.3, 0.4) is 0 Å². The van der Waals surface area contributed by atoms with Crippen molar-refractivity contribution in [3.05, 3.63) is 69.3 Å². The first kappa shape index (κ1) is 17.0. The number of pyridine rings is 1. The zero-order chi connectivity index (χ0) is 20.1. The van der Waals surface area contributed by atoms with Crippen molar-refractivity contribution in [2.45, 2.75) is 5.92 Å². The number of nitriles is 1. The minimum Gasteiger partial charge on any atom is -0.493 e. The molecule has 3 heterocycles. The van der Waals surface area contributed by atoms with Crippen LogP contribution in [0.25, 0.3) is 10.9 Å². The van der Waals surface area contributed by atoms with Crippen molar-refractivity contribution in [2.24, 2.45) is 5.73 Å². The molecule has 0 spiro atoms. The van der Waals surface area contributed by atoms with E-state index in [1.165, 1.54) is 7.11 Å². The second-order valence-electron chi connectivity index (χ2n) is 6.62. The zero-order valence-electron chi connectivity index (χ0n) is 15.3. The lowest BCUT2D eigenvalue weighted by molar-refractivity contribution is 0.171.